The number of hydrogen-bond acceptors (Lipinski definition) is 7. The van der Waals surface area contributed by atoms with Crippen molar-refractivity contribution in [2.45, 2.75) is 18.7 Å². The topological polar surface area (TPSA) is 105 Å². The fourth-order valence-electron chi connectivity index (χ4n) is 2.81. The monoisotopic (exact) mass is 458 g/mol. The van der Waals surface area contributed by atoms with Crippen LogP contribution in [-0.2, 0) is 11.4 Å². The van der Waals surface area contributed by atoms with E-state index < -0.39 is 0 Å². The van der Waals surface area contributed by atoms with E-state index in [9.17, 15) is 4.79 Å². The molecule has 0 atom stereocenters. The SMILES string of the molecule is Cc1cccc(OCc2nc(SCC(=O)Nc3ccc(N=Nc4ccccc4)cc3)n[nH]2)c1. The average molecular weight is 459 g/mol. The van der Waals surface area contributed by atoms with Gasteiger partial charge >= 0.3 is 0 Å². The fraction of sp³-hybridized carbons (Fsp3) is 0.125. The van der Waals surface area contributed by atoms with Crippen molar-refractivity contribution >= 4 is 34.7 Å². The molecule has 0 spiro atoms. The molecule has 0 bridgehead atoms. The Balaban J connectivity index is 1.22. The van der Waals surface area contributed by atoms with Crippen LogP contribution in [0.25, 0.3) is 0 Å². The van der Waals surface area contributed by atoms with Gasteiger partial charge in [-0.3, -0.25) is 9.89 Å². The number of thioether (sulfide) groups is 1. The van der Waals surface area contributed by atoms with Crippen LogP contribution in [0.3, 0.4) is 0 Å². The van der Waals surface area contributed by atoms with Gasteiger partial charge in [0.1, 0.15) is 12.4 Å². The van der Waals surface area contributed by atoms with E-state index in [4.69, 9.17) is 4.74 Å². The number of aromatic nitrogens is 3. The van der Waals surface area contributed by atoms with E-state index in [0.717, 1.165) is 17.0 Å². The van der Waals surface area contributed by atoms with Crippen LogP contribution in [0.5, 0.6) is 5.75 Å². The van der Waals surface area contributed by atoms with E-state index in [0.29, 0.717) is 22.4 Å². The number of anilines is 1. The van der Waals surface area contributed by atoms with Crippen molar-refractivity contribution in [1.82, 2.24) is 15.2 Å². The summed E-state index contributed by atoms with van der Waals surface area (Å²) in [6, 6.07) is 24.5. The Hall–Kier alpha value is -3.98. The van der Waals surface area contributed by atoms with E-state index >= 15 is 0 Å². The van der Waals surface area contributed by atoms with Gasteiger partial charge in [-0.15, -0.1) is 5.10 Å². The zero-order valence-corrected chi connectivity index (χ0v) is 18.7. The van der Waals surface area contributed by atoms with Crippen LogP contribution in [0.1, 0.15) is 11.4 Å². The molecule has 1 amide bonds. The standard InChI is InChI=1S/C24H22N6O2S/c1-17-6-5-9-21(14-17)32-15-22-26-24(30-29-22)33-16-23(31)25-18-10-12-20(13-11-18)28-27-19-7-3-2-4-8-19/h2-14H,15-16H2,1H3,(H,25,31)(H,26,29,30). The zero-order valence-electron chi connectivity index (χ0n) is 17.9. The maximum Gasteiger partial charge on any atom is 0.234 e. The van der Waals surface area contributed by atoms with Crippen molar-refractivity contribution in [2.75, 3.05) is 11.1 Å². The smallest absolute Gasteiger partial charge is 0.234 e. The summed E-state index contributed by atoms with van der Waals surface area (Å²) in [5.74, 6) is 1.40. The minimum absolute atomic E-state index is 0.152. The molecule has 0 aliphatic heterocycles. The van der Waals surface area contributed by atoms with Crippen molar-refractivity contribution in [3.05, 3.63) is 90.3 Å². The summed E-state index contributed by atoms with van der Waals surface area (Å²) in [7, 11) is 0. The Morgan fingerprint density at radius 2 is 1.76 bits per heavy atom. The molecule has 2 N–H and O–H groups in total. The van der Waals surface area contributed by atoms with E-state index in [2.05, 4.69) is 30.7 Å². The molecule has 0 saturated carbocycles. The number of hydrogen-bond donors (Lipinski definition) is 2. The molecule has 0 aliphatic carbocycles. The molecule has 9 heteroatoms. The highest BCUT2D eigenvalue weighted by molar-refractivity contribution is 7.99. The van der Waals surface area contributed by atoms with Crippen LogP contribution in [0.15, 0.2) is 94.2 Å². The third-order valence-corrected chi connectivity index (χ3v) is 5.24. The minimum atomic E-state index is -0.152. The lowest BCUT2D eigenvalue weighted by atomic mass is 10.2. The molecule has 8 nitrogen and oxygen atoms in total. The van der Waals surface area contributed by atoms with Crippen LogP contribution in [0.2, 0.25) is 0 Å². The van der Waals surface area contributed by atoms with Crippen LogP contribution >= 0.6 is 11.8 Å². The predicted molar refractivity (Wildman–Crippen MR) is 128 cm³/mol. The van der Waals surface area contributed by atoms with Gasteiger partial charge in [0.25, 0.3) is 0 Å². The van der Waals surface area contributed by atoms with E-state index in [1.165, 1.54) is 11.8 Å². The number of carbonyl (C=O) groups is 1. The Morgan fingerprint density at radius 1 is 1.00 bits per heavy atom. The normalized spacial score (nSPS) is 10.9. The molecular formula is C24H22N6O2S. The Kier molecular flexibility index (Phi) is 7.44. The number of H-pyrrole nitrogens is 1. The molecule has 0 aliphatic rings. The molecule has 0 saturated heterocycles. The highest BCUT2D eigenvalue weighted by Crippen LogP contribution is 2.21. The van der Waals surface area contributed by atoms with Gasteiger partial charge in [-0.1, -0.05) is 42.1 Å². The molecule has 0 radical (unpaired) electrons. The van der Waals surface area contributed by atoms with Crippen molar-refractivity contribution in [2.24, 2.45) is 10.2 Å². The van der Waals surface area contributed by atoms with Gasteiger partial charge in [0.15, 0.2) is 5.82 Å². The predicted octanol–water partition coefficient (Wildman–Crippen LogP) is 5.84. The first kappa shape index (κ1) is 22.2. The van der Waals surface area contributed by atoms with Crippen LogP contribution in [-0.4, -0.2) is 26.8 Å². The number of rotatable bonds is 9. The van der Waals surface area contributed by atoms with Crippen LogP contribution in [0, 0.1) is 6.92 Å². The lowest BCUT2D eigenvalue weighted by molar-refractivity contribution is -0.113. The Bertz CT molecular complexity index is 1230. The highest BCUT2D eigenvalue weighted by Gasteiger charge is 2.09. The van der Waals surface area contributed by atoms with Gasteiger partial charge in [-0.05, 0) is 61.0 Å². The molecule has 1 heterocycles. The first-order chi connectivity index (χ1) is 16.1. The molecule has 0 unspecified atom stereocenters. The molecule has 3 aromatic carbocycles. The maximum absolute atomic E-state index is 12.3. The lowest BCUT2D eigenvalue weighted by Crippen LogP contribution is -2.13. The van der Waals surface area contributed by atoms with Crippen LogP contribution in [0.4, 0.5) is 17.1 Å². The van der Waals surface area contributed by atoms with Gasteiger partial charge in [0.2, 0.25) is 11.1 Å². The second kappa shape index (κ2) is 11.1. The molecule has 1 aromatic heterocycles. The van der Waals surface area contributed by atoms with Gasteiger partial charge in [0.05, 0.1) is 17.1 Å². The quantitative estimate of drug-likeness (QED) is 0.242. The maximum atomic E-state index is 12.3. The second-order valence-corrected chi connectivity index (χ2v) is 8.03. The summed E-state index contributed by atoms with van der Waals surface area (Å²) in [6.45, 7) is 2.28. The molecular weight excluding hydrogens is 436 g/mol. The third-order valence-electron chi connectivity index (χ3n) is 4.40. The number of nitrogens with zero attached hydrogens (tertiary/aromatic N) is 4. The van der Waals surface area contributed by atoms with Gasteiger partial charge in [0, 0.05) is 5.69 Å². The van der Waals surface area contributed by atoms with Crippen molar-refractivity contribution < 1.29 is 9.53 Å². The number of ether oxygens (including phenoxy) is 1. The fourth-order valence-corrected chi connectivity index (χ4v) is 3.43. The summed E-state index contributed by atoms with van der Waals surface area (Å²) in [5.41, 5.74) is 3.29. The van der Waals surface area contributed by atoms with E-state index in [1.807, 2.05) is 61.5 Å². The lowest BCUT2D eigenvalue weighted by Gasteiger charge is -2.04. The van der Waals surface area contributed by atoms with Crippen LogP contribution < -0.4 is 10.1 Å². The second-order valence-electron chi connectivity index (χ2n) is 7.09. The van der Waals surface area contributed by atoms with Gasteiger partial charge in [-0.2, -0.15) is 10.2 Å². The first-order valence-electron chi connectivity index (χ1n) is 10.2. The number of aryl methyl sites for hydroxylation is 1. The largest absolute Gasteiger partial charge is 0.486 e. The molecule has 166 valence electrons. The molecule has 0 fully saturated rings. The number of carbonyl (C=O) groups excluding carboxylic acids is 1. The number of amides is 1. The number of azo groups is 1. The number of benzene rings is 3. The first-order valence-corrected chi connectivity index (χ1v) is 11.2. The zero-order chi connectivity index (χ0) is 22.9. The minimum Gasteiger partial charge on any atom is -0.486 e. The summed E-state index contributed by atoms with van der Waals surface area (Å²) < 4.78 is 5.71. The molecule has 4 aromatic rings. The average Bonchev–Trinajstić information content (AvgIpc) is 3.30. The van der Waals surface area contributed by atoms with Crippen molar-refractivity contribution in [3.8, 4) is 5.75 Å². The molecule has 4 rings (SSSR count). The summed E-state index contributed by atoms with van der Waals surface area (Å²) >= 11 is 1.25. The number of aromatic amines is 1. The van der Waals surface area contributed by atoms with E-state index in [1.54, 1.807) is 24.3 Å². The summed E-state index contributed by atoms with van der Waals surface area (Å²) in [6.07, 6.45) is 0. The summed E-state index contributed by atoms with van der Waals surface area (Å²) in [5, 5.41) is 18.7. The number of nitrogens with one attached hydrogen (secondary N) is 2. The van der Waals surface area contributed by atoms with Crippen molar-refractivity contribution in [3.63, 3.8) is 0 Å². The highest BCUT2D eigenvalue weighted by atomic mass is 32.2. The molecule has 33 heavy (non-hydrogen) atoms. The van der Waals surface area contributed by atoms with Gasteiger partial charge < -0.3 is 10.1 Å². The van der Waals surface area contributed by atoms with Gasteiger partial charge in [-0.25, -0.2) is 4.98 Å². The summed E-state index contributed by atoms with van der Waals surface area (Å²) in [4.78, 5) is 16.6. The Labute approximate surface area is 195 Å². The van der Waals surface area contributed by atoms with Crippen molar-refractivity contribution in [1.29, 1.82) is 0 Å². The van der Waals surface area contributed by atoms with E-state index in [-0.39, 0.29) is 18.3 Å². The third kappa shape index (κ3) is 7.01. The Morgan fingerprint density at radius 3 is 2.52 bits per heavy atom.